The summed E-state index contributed by atoms with van der Waals surface area (Å²) in [5.74, 6) is 0. The third kappa shape index (κ3) is 2.79. The number of halogens is 1. The highest BCUT2D eigenvalue weighted by atomic mass is 79.9. The van der Waals surface area contributed by atoms with Crippen molar-refractivity contribution in [1.82, 2.24) is 9.97 Å². The smallest absolute Gasteiger partial charge is 0.293 e. The Labute approximate surface area is 115 Å². The largest absolute Gasteiger partial charge is 0.375 e. The summed E-state index contributed by atoms with van der Waals surface area (Å²) in [6.07, 6.45) is 1.25. The van der Waals surface area contributed by atoms with Crippen LogP contribution < -0.4 is 10.9 Å². The zero-order valence-corrected chi connectivity index (χ0v) is 11.2. The molecule has 0 radical (unpaired) electrons. The van der Waals surface area contributed by atoms with Crippen molar-refractivity contribution in [2.45, 2.75) is 0 Å². The first-order valence-electron chi connectivity index (χ1n) is 5.22. The number of rotatable bonds is 4. The zero-order valence-electron chi connectivity index (χ0n) is 9.64. The van der Waals surface area contributed by atoms with E-state index in [0.29, 0.717) is 16.5 Å². The van der Waals surface area contributed by atoms with E-state index in [1.54, 1.807) is 0 Å². The summed E-state index contributed by atoms with van der Waals surface area (Å²) in [7, 11) is 0. The molecular weight excluding hydrogens is 316 g/mol. The van der Waals surface area contributed by atoms with E-state index in [9.17, 15) is 14.9 Å². The highest BCUT2D eigenvalue weighted by Crippen LogP contribution is 2.28. The SMILES string of the molecule is C=C(Br)CNc1cc2nc[nH]c(=O)c2cc1[N+](=O)[O-]. The van der Waals surface area contributed by atoms with Crippen LogP contribution in [0.5, 0.6) is 0 Å². The third-order valence-electron chi connectivity index (χ3n) is 2.43. The molecule has 98 valence electrons. The molecule has 0 bridgehead atoms. The number of aromatic amines is 1. The summed E-state index contributed by atoms with van der Waals surface area (Å²) < 4.78 is 0.653. The van der Waals surface area contributed by atoms with Gasteiger partial charge in [-0.25, -0.2) is 4.98 Å². The molecule has 8 heteroatoms. The number of fused-ring (bicyclic) bond motifs is 1. The first kappa shape index (κ1) is 13.2. The van der Waals surface area contributed by atoms with E-state index in [1.165, 1.54) is 18.5 Å². The summed E-state index contributed by atoms with van der Waals surface area (Å²) in [6, 6.07) is 2.68. The molecule has 0 saturated heterocycles. The minimum atomic E-state index is -0.550. The van der Waals surface area contributed by atoms with Crippen LogP contribution in [0.3, 0.4) is 0 Å². The average molecular weight is 325 g/mol. The normalized spacial score (nSPS) is 10.4. The summed E-state index contributed by atoms with van der Waals surface area (Å²) in [5.41, 5.74) is 0.0811. The molecule has 2 rings (SSSR count). The lowest BCUT2D eigenvalue weighted by atomic mass is 10.2. The second-order valence-corrected chi connectivity index (χ2v) is 4.87. The lowest BCUT2D eigenvalue weighted by Crippen LogP contribution is -2.09. The maximum Gasteiger partial charge on any atom is 0.293 e. The standard InChI is InChI=1S/C11H9BrN4O3/c1-6(12)4-13-9-3-8-7(2-10(9)16(18)19)11(17)15-5-14-8/h2-3,5,13H,1,4H2,(H,14,15,17). The van der Waals surface area contributed by atoms with Gasteiger partial charge in [0.15, 0.2) is 0 Å². The molecular formula is C11H9BrN4O3. The van der Waals surface area contributed by atoms with Gasteiger partial charge in [-0.3, -0.25) is 14.9 Å². The van der Waals surface area contributed by atoms with Crippen LogP contribution in [-0.2, 0) is 0 Å². The maximum atomic E-state index is 11.6. The molecule has 1 aromatic heterocycles. The van der Waals surface area contributed by atoms with Crippen LogP contribution >= 0.6 is 15.9 Å². The number of anilines is 1. The molecule has 0 fully saturated rings. The maximum absolute atomic E-state index is 11.6. The molecule has 1 heterocycles. The van der Waals surface area contributed by atoms with Crippen molar-refractivity contribution >= 4 is 38.2 Å². The predicted octanol–water partition coefficient (Wildman–Crippen LogP) is 2.15. The summed E-state index contributed by atoms with van der Waals surface area (Å²) in [4.78, 5) is 28.4. The van der Waals surface area contributed by atoms with Crippen LogP contribution in [0.2, 0.25) is 0 Å². The van der Waals surface area contributed by atoms with Gasteiger partial charge in [0.05, 0.1) is 22.2 Å². The monoisotopic (exact) mass is 324 g/mol. The van der Waals surface area contributed by atoms with Crippen molar-refractivity contribution in [3.05, 3.63) is 50.0 Å². The van der Waals surface area contributed by atoms with E-state index < -0.39 is 10.5 Å². The summed E-state index contributed by atoms with van der Waals surface area (Å²) >= 11 is 3.16. The van der Waals surface area contributed by atoms with Gasteiger partial charge >= 0.3 is 0 Å². The Morgan fingerprint density at radius 2 is 2.32 bits per heavy atom. The van der Waals surface area contributed by atoms with Crippen LogP contribution in [0.1, 0.15) is 0 Å². The second kappa shape index (κ2) is 5.19. The van der Waals surface area contributed by atoms with Gasteiger partial charge in [-0.2, -0.15) is 0 Å². The summed E-state index contributed by atoms with van der Waals surface area (Å²) in [6.45, 7) is 3.96. The van der Waals surface area contributed by atoms with Crippen molar-refractivity contribution in [1.29, 1.82) is 0 Å². The number of nitrogens with zero attached hydrogens (tertiary/aromatic N) is 2. The van der Waals surface area contributed by atoms with Crippen LogP contribution in [0.4, 0.5) is 11.4 Å². The van der Waals surface area contributed by atoms with Gasteiger partial charge in [-0.15, -0.1) is 0 Å². The number of nitro benzene ring substituents is 1. The van der Waals surface area contributed by atoms with Crippen molar-refractivity contribution in [2.24, 2.45) is 0 Å². The predicted molar refractivity (Wildman–Crippen MR) is 75.6 cm³/mol. The van der Waals surface area contributed by atoms with Gasteiger partial charge in [0.2, 0.25) is 0 Å². The van der Waals surface area contributed by atoms with E-state index in [0.717, 1.165) is 0 Å². The highest BCUT2D eigenvalue weighted by Gasteiger charge is 2.16. The van der Waals surface area contributed by atoms with Crippen molar-refractivity contribution < 1.29 is 4.92 Å². The molecule has 0 saturated carbocycles. The van der Waals surface area contributed by atoms with Crippen LogP contribution in [0, 0.1) is 10.1 Å². The van der Waals surface area contributed by atoms with Crippen molar-refractivity contribution in [2.75, 3.05) is 11.9 Å². The number of nitro groups is 1. The molecule has 0 spiro atoms. The number of hydrogen-bond acceptors (Lipinski definition) is 5. The molecule has 1 aromatic carbocycles. The Bertz CT molecular complexity index is 725. The van der Waals surface area contributed by atoms with Crippen molar-refractivity contribution in [3.8, 4) is 0 Å². The van der Waals surface area contributed by atoms with E-state index in [4.69, 9.17) is 0 Å². The first-order valence-corrected chi connectivity index (χ1v) is 6.01. The number of benzene rings is 1. The Morgan fingerprint density at radius 1 is 1.58 bits per heavy atom. The van der Waals surface area contributed by atoms with E-state index in [1.807, 2.05) is 0 Å². The third-order valence-corrected chi connectivity index (χ3v) is 2.71. The molecule has 0 atom stereocenters. The number of nitrogens with one attached hydrogen (secondary N) is 2. The molecule has 2 N–H and O–H groups in total. The zero-order chi connectivity index (χ0) is 14.0. The van der Waals surface area contributed by atoms with E-state index in [-0.39, 0.29) is 16.8 Å². The second-order valence-electron chi connectivity index (χ2n) is 3.75. The van der Waals surface area contributed by atoms with Gasteiger partial charge in [0.1, 0.15) is 5.69 Å². The number of aromatic nitrogens is 2. The molecule has 0 aliphatic carbocycles. The minimum absolute atomic E-state index is 0.178. The minimum Gasteiger partial charge on any atom is -0.375 e. The van der Waals surface area contributed by atoms with Crippen molar-refractivity contribution in [3.63, 3.8) is 0 Å². The molecule has 0 amide bonds. The van der Waals surface area contributed by atoms with Gasteiger partial charge in [0.25, 0.3) is 11.2 Å². The van der Waals surface area contributed by atoms with E-state index >= 15 is 0 Å². The summed E-state index contributed by atoms with van der Waals surface area (Å²) in [5, 5.41) is 14.1. The molecule has 7 nitrogen and oxygen atoms in total. The van der Waals surface area contributed by atoms with Crippen LogP contribution in [0.25, 0.3) is 10.9 Å². The Balaban J connectivity index is 2.61. The Morgan fingerprint density at radius 3 is 2.95 bits per heavy atom. The van der Waals surface area contributed by atoms with Crippen LogP contribution in [-0.4, -0.2) is 21.4 Å². The lowest BCUT2D eigenvalue weighted by Gasteiger charge is -2.07. The molecule has 19 heavy (non-hydrogen) atoms. The van der Waals surface area contributed by atoms with E-state index in [2.05, 4.69) is 37.8 Å². The topological polar surface area (TPSA) is 101 Å². The Kier molecular flexibility index (Phi) is 3.61. The number of H-pyrrole nitrogens is 1. The average Bonchev–Trinajstić information content (AvgIpc) is 2.35. The highest BCUT2D eigenvalue weighted by molar-refractivity contribution is 9.11. The lowest BCUT2D eigenvalue weighted by molar-refractivity contribution is -0.383. The van der Waals surface area contributed by atoms with Gasteiger partial charge in [-0.1, -0.05) is 22.5 Å². The molecule has 2 aromatic rings. The van der Waals surface area contributed by atoms with Gasteiger partial charge in [0, 0.05) is 17.1 Å². The van der Waals surface area contributed by atoms with Crippen LogP contribution in [0.15, 0.2) is 34.3 Å². The quantitative estimate of drug-likeness (QED) is 0.662. The number of hydrogen-bond donors (Lipinski definition) is 2. The van der Waals surface area contributed by atoms with Gasteiger partial charge < -0.3 is 10.3 Å². The Hall–Kier alpha value is -2.22. The van der Waals surface area contributed by atoms with Gasteiger partial charge in [-0.05, 0) is 6.07 Å². The molecule has 0 aliphatic rings. The first-order chi connectivity index (χ1) is 8.99. The fourth-order valence-corrected chi connectivity index (χ4v) is 1.73. The molecule has 0 unspecified atom stereocenters. The fourth-order valence-electron chi connectivity index (χ4n) is 1.59. The fraction of sp³-hybridized carbons (Fsp3) is 0.0909. The molecule has 0 aliphatic heterocycles.